The molecular weight excluding hydrogens is 392 g/mol. The lowest BCUT2D eigenvalue weighted by molar-refractivity contribution is -0.0498. The molecule has 2 aliphatic rings. The number of alkyl halides is 2. The predicted molar refractivity (Wildman–Crippen MR) is 110 cm³/mol. The minimum atomic E-state index is -2.93. The zero-order chi connectivity index (χ0) is 21.3. The minimum absolute atomic E-state index is 0.0410. The Bertz CT molecular complexity index is 841. The maximum absolute atomic E-state index is 14.9. The van der Waals surface area contributed by atoms with Gasteiger partial charge in [0.05, 0.1) is 5.56 Å². The Balaban J connectivity index is 1.51. The predicted octanol–water partition coefficient (Wildman–Crippen LogP) is 7.94. The van der Waals surface area contributed by atoms with E-state index in [2.05, 4.69) is 11.7 Å². The highest BCUT2D eigenvalue weighted by Crippen LogP contribution is 2.48. The molecule has 0 aliphatic heterocycles. The second kappa shape index (κ2) is 8.99. The van der Waals surface area contributed by atoms with Crippen molar-refractivity contribution in [1.29, 1.82) is 0 Å². The minimum Gasteiger partial charge on any atom is -0.435 e. The number of hydrogen-bond acceptors (Lipinski definition) is 1. The molecule has 2 aromatic carbocycles. The van der Waals surface area contributed by atoms with Gasteiger partial charge < -0.3 is 4.74 Å². The van der Waals surface area contributed by atoms with Crippen LogP contribution in [0.5, 0.6) is 5.75 Å². The smallest absolute Gasteiger partial charge is 0.387 e. The van der Waals surface area contributed by atoms with E-state index in [-0.39, 0.29) is 17.2 Å². The molecule has 2 aliphatic carbocycles. The van der Waals surface area contributed by atoms with Gasteiger partial charge in [0.2, 0.25) is 0 Å². The first-order chi connectivity index (χ1) is 14.4. The molecule has 30 heavy (non-hydrogen) atoms. The number of benzene rings is 2. The molecule has 0 N–H and O–H groups in total. The van der Waals surface area contributed by atoms with Gasteiger partial charge in [-0.15, -0.1) is 0 Å². The Morgan fingerprint density at radius 1 is 0.900 bits per heavy atom. The first-order valence-electron chi connectivity index (χ1n) is 11.0. The van der Waals surface area contributed by atoms with E-state index in [1.165, 1.54) is 62.1 Å². The van der Waals surface area contributed by atoms with Crippen molar-refractivity contribution in [2.75, 3.05) is 0 Å². The SMILES string of the molecule is CCC1CCC2CC(c3cc(F)c(-c4ccc(OC(F)F)cc4)c(F)c3)CCC2C1. The van der Waals surface area contributed by atoms with E-state index in [9.17, 15) is 17.6 Å². The Labute approximate surface area is 175 Å². The van der Waals surface area contributed by atoms with Crippen molar-refractivity contribution in [3.8, 4) is 16.9 Å². The number of hydrogen-bond donors (Lipinski definition) is 0. The van der Waals surface area contributed by atoms with Crippen LogP contribution in [-0.2, 0) is 0 Å². The standard InChI is InChI=1S/C25H28F4O/c1-2-15-3-4-18-12-19(6-5-17(18)11-15)20-13-22(26)24(23(27)14-20)16-7-9-21(10-8-16)30-25(28)29/h7-10,13-15,17-19,25H,2-6,11-12H2,1H3. The van der Waals surface area contributed by atoms with Crippen molar-refractivity contribution in [3.05, 3.63) is 53.6 Å². The van der Waals surface area contributed by atoms with Gasteiger partial charge in [0.25, 0.3) is 0 Å². The van der Waals surface area contributed by atoms with Crippen LogP contribution >= 0.6 is 0 Å². The molecule has 4 rings (SSSR count). The lowest BCUT2D eigenvalue weighted by Crippen LogP contribution is -2.30. The third-order valence-electron chi connectivity index (χ3n) is 7.20. The van der Waals surface area contributed by atoms with Crippen molar-refractivity contribution < 1.29 is 22.3 Å². The van der Waals surface area contributed by atoms with Crippen LogP contribution in [-0.4, -0.2) is 6.61 Å². The molecule has 4 unspecified atom stereocenters. The summed E-state index contributed by atoms with van der Waals surface area (Å²) in [4.78, 5) is 0. The molecule has 0 heterocycles. The summed E-state index contributed by atoms with van der Waals surface area (Å²) in [6, 6.07) is 8.31. The number of ether oxygens (including phenoxy) is 1. The van der Waals surface area contributed by atoms with Crippen molar-refractivity contribution in [3.63, 3.8) is 0 Å². The van der Waals surface area contributed by atoms with E-state index in [0.717, 1.165) is 36.7 Å². The van der Waals surface area contributed by atoms with Crippen LogP contribution in [0, 0.1) is 29.4 Å². The third kappa shape index (κ3) is 4.50. The van der Waals surface area contributed by atoms with Crippen molar-refractivity contribution in [1.82, 2.24) is 0 Å². The molecule has 0 spiro atoms. The quantitative estimate of drug-likeness (QED) is 0.446. The topological polar surface area (TPSA) is 9.23 Å². The third-order valence-corrected chi connectivity index (χ3v) is 7.20. The summed E-state index contributed by atoms with van der Waals surface area (Å²) < 4.78 is 58.7. The highest BCUT2D eigenvalue weighted by Gasteiger charge is 2.35. The summed E-state index contributed by atoms with van der Waals surface area (Å²) in [5, 5.41) is 0. The number of fused-ring (bicyclic) bond motifs is 1. The van der Waals surface area contributed by atoms with Gasteiger partial charge in [-0.2, -0.15) is 8.78 Å². The maximum Gasteiger partial charge on any atom is 0.387 e. The number of rotatable bonds is 5. The van der Waals surface area contributed by atoms with E-state index in [4.69, 9.17) is 0 Å². The molecule has 0 amide bonds. The van der Waals surface area contributed by atoms with Crippen molar-refractivity contribution >= 4 is 0 Å². The van der Waals surface area contributed by atoms with Crippen LogP contribution in [0.15, 0.2) is 36.4 Å². The first kappa shape index (κ1) is 21.2. The fourth-order valence-corrected chi connectivity index (χ4v) is 5.57. The molecule has 2 aromatic rings. The molecule has 4 atom stereocenters. The van der Waals surface area contributed by atoms with Gasteiger partial charge in [-0.1, -0.05) is 31.9 Å². The summed E-state index contributed by atoms with van der Waals surface area (Å²) in [5.41, 5.74) is 0.918. The number of halogens is 4. The highest BCUT2D eigenvalue weighted by molar-refractivity contribution is 5.66. The molecule has 2 fully saturated rings. The zero-order valence-corrected chi connectivity index (χ0v) is 17.2. The normalized spacial score (nSPS) is 26.5. The summed E-state index contributed by atoms with van der Waals surface area (Å²) in [7, 11) is 0. The van der Waals surface area contributed by atoms with Crippen LogP contribution in [0.2, 0.25) is 0 Å². The summed E-state index contributed by atoms with van der Waals surface area (Å²) in [6.45, 7) is -0.668. The van der Waals surface area contributed by atoms with Crippen molar-refractivity contribution in [2.24, 2.45) is 17.8 Å². The second-order valence-electron chi connectivity index (χ2n) is 8.88. The van der Waals surface area contributed by atoms with E-state index in [1.807, 2.05) is 0 Å². The molecule has 0 bridgehead atoms. The van der Waals surface area contributed by atoms with E-state index in [0.29, 0.717) is 11.5 Å². The Kier molecular flexibility index (Phi) is 6.35. The highest BCUT2D eigenvalue weighted by atomic mass is 19.3. The van der Waals surface area contributed by atoms with Gasteiger partial charge in [0.1, 0.15) is 17.4 Å². The van der Waals surface area contributed by atoms with Gasteiger partial charge in [0, 0.05) is 0 Å². The molecule has 0 saturated heterocycles. The largest absolute Gasteiger partial charge is 0.435 e. The zero-order valence-electron chi connectivity index (χ0n) is 17.2. The van der Waals surface area contributed by atoms with E-state index < -0.39 is 18.2 Å². The molecule has 2 saturated carbocycles. The van der Waals surface area contributed by atoms with Gasteiger partial charge in [-0.05, 0) is 91.2 Å². The summed E-state index contributed by atoms with van der Waals surface area (Å²) in [6.07, 6.45) is 8.20. The van der Waals surface area contributed by atoms with Gasteiger partial charge in [-0.25, -0.2) is 8.78 Å². The lowest BCUT2D eigenvalue weighted by atomic mass is 9.63. The molecule has 162 valence electrons. The second-order valence-corrected chi connectivity index (χ2v) is 8.88. The van der Waals surface area contributed by atoms with Crippen LogP contribution in [0.1, 0.15) is 63.4 Å². The Morgan fingerprint density at radius 2 is 1.53 bits per heavy atom. The fourth-order valence-electron chi connectivity index (χ4n) is 5.57. The van der Waals surface area contributed by atoms with Crippen LogP contribution in [0.3, 0.4) is 0 Å². The van der Waals surface area contributed by atoms with Gasteiger partial charge in [-0.3, -0.25) is 0 Å². The molecule has 0 radical (unpaired) electrons. The average molecular weight is 420 g/mol. The lowest BCUT2D eigenvalue weighted by Gasteiger charge is -2.42. The maximum atomic E-state index is 14.9. The van der Waals surface area contributed by atoms with Crippen molar-refractivity contribution in [2.45, 2.75) is 64.4 Å². The van der Waals surface area contributed by atoms with Crippen LogP contribution in [0.25, 0.3) is 11.1 Å². The Hall–Kier alpha value is -2.04. The van der Waals surface area contributed by atoms with Crippen LogP contribution < -0.4 is 4.74 Å². The summed E-state index contributed by atoms with van der Waals surface area (Å²) in [5.74, 6) is 1.22. The van der Waals surface area contributed by atoms with E-state index >= 15 is 0 Å². The molecule has 5 heteroatoms. The van der Waals surface area contributed by atoms with Gasteiger partial charge >= 0.3 is 6.61 Å². The molecule has 0 aromatic heterocycles. The monoisotopic (exact) mass is 420 g/mol. The molecular formula is C25H28F4O. The average Bonchev–Trinajstić information content (AvgIpc) is 2.73. The van der Waals surface area contributed by atoms with Crippen LogP contribution in [0.4, 0.5) is 17.6 Å². The fraction of sp³-hybridized carbons (Fsp3) is 0.520. The summed E-state index contributed by atoms with van der Waals surface area (Å²) >= 11 is 0. The van der Waals surface area contributed by atoms with E-state index in [1.54, 1.807) is 0 Å². The van der Waals surface area contributed by atoms with Gasteiger partial charge in [0.15, 0.2) is 0 Å². The first-order valence-corrected chi connectivity index (χ1v) is 11.0. The molecule has 1 nitrogen and oxygen atoms in total. The Morgan fingerprint density at radius 3 is 2.17 bits per heavy atom.